The molecule has 2 heterocycles. The molecule has 0 bridgehead atoms. The minimum Gasteiger partial charge on any atom is -0.784 e. The van der Waals surface area contributed by atoms with E-state index in [-0.39, 0.29) is 24.1 Å². The summed E-state index contributed by atoms with van der Waals surface area (Å²) in [5.41, 5.74) is -2.16. The van der Waals surface area contributed by atoms with Gasteiger partial charge in [-0.2, -0.15) is 0 Å². The van der Waals surface area contributed by atoms with E-state index in [1.165, 1.54) is 0 Å². The predicted octanol–water partition coefficient (Wildman–Crippen LogP) is 6.23. The van der Waals surface area contributed by atoms with Crippen LogP contribution >= 0.6 is 0 Å². The van der Waals surface area contributed by atoms with E-state index in [1.807, 2.05) is 55.4 Å². The van der Waals surface area contributed by atoms with Crippen molar-refractivity contribution in [1.29, 1.82) is 0 Å². The van der Waals surface area contributed by atoms with Crippen molar-refractivity contribution in [2.24, 2.45) is 0 Å². The number of rotatable bonds is 11. The van der Waals surface area contributed by atoms with Crippen LogP contribution in [0.5, 0.6) is 0 Å². The first-order valence-electron chi connectivity index (χ1n) is 13.8. The zero-order chi connectivity index (χ0) is 27.4. The second kappa shape index (κ2) is 12.1. The number of piperidine rings is 2. The molecule has 0 N–H and O–H groups in total. The van der Waals surface area contributed by atoms with Crippen molar-refractivity contribution in [2.45, 2.75) is 167 Å². The summed E-state index contributed by atoms with van der Waals surface area (Å²) in [4.78, 5) is 24.6. The fourth-order valence-corrected chi connectivity index (χ4v) is 6.25. The second-order valence-corrected chi connectivity index (χ2v) is 13.5. The van der Waals surface area contributed by atoms with Crippen molar-refractivity contribution in [1.82, 2.24) is 10.1 Å². The Labute approximate surface area is 218 Å². The number of ether oxygens (including phenoxy) is 2. The topological polar surface area (TPSA) is 105 Å². The van der Waals surface area contributed by atoms with Crippen LogP contribution < -0.4 is 0 Å². The molecule has 0 aromatic heterocycles. The molecule has 0 radical (unpaired) electrons. The van der Waals surface area contributed by atoms with Crippen LogP contribution in [0, 0.1) is 10.4 Å². The lowest BCUT2D eigenvalue weighted by Gasteiger charge is -2.59. The van der Waals surface area contributed by atoms with E-state index in [2.05, 4.69) is 0 Å². The summed E-state index contributed by atoms with van der Waals surface area (Å²) in [5.74, 6) is -0.356. The van der Waals surface area contributed by atoms with Crippen molar-refractivity contribution in [3.8, 4) is 0 Å². The number of hydrogen-bond acceptors (Lipinski definition) is 8. The standard InChI is InChI=1S/C28H50N2O6/c1-25(2)17-21(18-26(3,4)29(25)33)35-23(31)15-13-11-9-10-12-14-16-24(32)36-22-19-27(5,6)30(34)28(7,8)20-22/h21-22H,9-20H2,1-8H3/q-2. The van der Waals surface area contributed by atoms with Crippen LogP contribution in [0.25, 0.3) is 0 Å². The molecule has 2 saturated heterocycles. The van der Waals surface area contributed by atoms with Crippen molar-refractivity contribution >= 4 is 11.9 Å². The zero-order valence-corrected chi connectivity index (χ0v) is 24.0. The zero-order valence-electron chi connectivity index (χ0n) is 24.0. The van der Waals surface area contributed by atoms with E-state index in [4.69, 9.17) is 9.47 Å². The van der Waals surface area contributed by atoms with Gasteiger partial charge in [-0.15, -0.1) is 0 Å². The lowest BCUT2D eigenvalue weighted by molar-refractivity contribution is -0.159. The second-order valence-electron chi connectivity index (χ2n) is 13.5. The molecule has 0 aliphatic carbocycles. The Morgan fingerprint density at radius 2 is 0.833 bits per heavy atom. The van der Waals surface area contributed by atoms with Gasteiger partial charge in [0, 0.05) is 60.7 Å². The first kappa shape index (κ1) is 31.0. The Kier molecular flexibility index (Phi) is 10.4. The number of esters is 2. The summed E-state index contributed by atoms with van der Waals surface area (Å²) in [6, 6.07) is 0. The Bertz CT molecular complexity index is 650. The normalized spacial score (nSPS) is 24.4. The van der Waals surface area contributed by atoms with E-state index in [0.717, 1.165) is 48.7 Å². The molecule has 0 unspecified atom stereocenters. The molecule has 2 fully saturated rings. The number of hydroxylamine groups is 4. The number of carbonyl (C=O) groups is 2. The van der Waals surface area contributed by atoms with Gasteiger partial charge in [-0.05, 0) is 68.2 Å². The van der Waals surface area contributed by atoms with Gasteiger partial charge in [0.2, 0.25) is 0 Å². The number of hydrogen-bond donors (Lipinski definition) is 0. The number of carbonyl (C=O) groups excluding carboxylic acids is 2. The molecular weight excluding hydrogens is 460 g/mol. The van der Waals surface area contributed by atoms with E-state index in [0.29, 0.717) is 38.5 Å². The minimum absolute atomic E-state index is 0.178. The van der Waals surface area contributed by atoms with Crippen LogP contribution in [0.4, 0.5) is 0 Å². The lowest BCUT2D eigenvalue weighted by atomic mass is 9.80. The average molecular weight is 511 g/mol. The highest BCUT2D eigenvalue weighted by molar-refractivity contribution is 5.69. The summed E-state index contributed by atoms with van der Waals surface area (Å²) >= 11 is 0. The summed E-state index contributed by atoms with van der Waals surface area (Å²) in [7, 11) is 0. The SMILES string of the molecule is CC1(C)CC(OC(=O)CCCCCCCCC(=O)OC2CC(C)(C)N([O-])C(C)(C)C2)CC(C)(C)N1[O-]. The monoisotopic (exact) mass is 510 g/mol. The van der Waals surface area contributed by atoms with Crippen molar-refractivity contribution in [3.05, 3.63) is 10.4 Å². The Balaban J connectivity index is 1.54. The molecule has 8 nitrogen and oxygen atoms in total. The molecule has 2 aliphatic rings. The molecule has 2 rings (SSSR count). The predicted molar refractivity (Wildman–Crippen MR) is 142 cm³/mol. The average Bonchev–Trinajstić information content (AvgIpc) is 2.71. The van der Waals surface area contributed by atoms with Crippen LogP contribution in [0.3, 0.4) is 0 Å². The highest BCUT2D eigenvalue weighted by atomic mass is 16.6. The lowest BCUT2D eigenvalue weighted by Crippen LogP contribution is -2.59. The Hall–Kier alpha value is -1.22. The Morgan fingerprint density at radius 3 is 1.11 bits per heavy atom. The van der Waals surface area contributed by atoms with E-state index >= 15 is 0 Å². The third kappa shape index (κ3) is 8.67. The molecule has 0 aromatic rings. The van der Waals surface area contributed by atoms with Gasteiger partial charge in [0.15, 0.2) is 0 Å². The van der Waals surface area contributed by atoms with Crippen LogP contribution in [0.2, 0.25) is 0 Å². The molecule has 0 amide bonds. The van der Waals surface area contributed by atoms with Gasteiger partial charge < -0.3 is 30.0 Å². The number of nitrogens with zero attached hydrogens (tertiary/aromatic N) is 2. The van der Waals surface area contributed by atoms with Crippen LogP contribution in [0.1, 0.15) is 132 Å². The third-order valence-corrected chi connectivity index (χ3v) is 7.72. The maximum absolute atomic E-state index is 12.4. The van der Waals surface area contributed by atoms with Crippen LogP contribution in [0.15, 0.2) is 0 Å². The molecule has 36 heavy (non-hydrogen) atoms. The quantitative estimate of drug-likeness (QED) is 0.238. The summed E-state index contributed by atoms with van der Waals surface area (Å²) < 4.78 is 11.4. The molecule has 2 aliphatic heterocycles. The van der Waals surface area contributed by atoms with Crippen LogP contribution in [-0.4, -0.2) is 56.4 Å². The van der Waals surface area contributed by atoms with E-state index in [1.54, 1.807) is 0 Å². The first-order chi connectivity index (χ1) is 16.5. The van der Waals surface area contributed by atoms with Gasteiger partial charge in [-0.25, -0.2) is 0 Å². The van der Waals surface area contributed by atoms with Crippen LogP contribution in [-0.2, 0) is 19.1 Å². The molecule has 210 valence electrons. The van der Waals surface area contributed by atoms with Crippen molar-refractivity contribution < 1.29 is 19.1 Å². The highest BCUT2D eigenvalue weighted by Crippen LogP contribution is 2.39. The smallest absolute Gasteiger partial charge is 0.306 e. The van der Waals surface area contributed by atoms with Gasteiger partial charge >= 0.3 is 11.9 Å². The number of unbranched alkanes of at least 4 members (excludes halogenated alkanes) is 5. The molecular formula is C28H50N2O6-2. The maximum Gasteiger partial charge on any atom is 0.306 e. The van der Waals surface area contributed by atoms with Gasteiger partial charge in [-0.3, -0.25) is 9.59 Å². The van der Waals surface area contributed by atoms with Gasteiger partial charge in [0.05, 0.1) is 0 Å². The molecule has 0 aromatic carbocycles. The molecule has 0 spiro atoms. The van der Waals surface area contributed by atoms with Gasteiger partial charge in [0.1, 0.15) is 12.2 Å². The molecule has 0 atom stereocenters. The largest absolute Gasteiger partial charge is 0.784 e. The van der Waals surface area contributed by atoms with Gasteiger partial charge in [0.25, 0.3) is 0 Å². The summed E-state index contributed by atoms with van der Waals surface area (Å²) in [5, 5.41) is 27.2. The van der Waals surface area contributed by atoms with Gasteiger partial charge in [-0.1, -0.05) is 25.7 Å². The van der Waals surface area contributed by atoms with E-state index < -0.39 is 22.2 Å². The summed E-state index contributed by atoms with van der Waals surface area (Å²) in [6.07, 6.45) is 8.13. The fourth-order valence-electron chi connectivity index (χ4n) is 6.25. The first-order valence-corrected chi connectivity index (χ1v) is 13.8. The van der Waals surface area contributed by atoms with E-state index in [9.17, 15) is 20.0 Å². The molecule has 8 heteroatoms. The summed E-state index contributed by atoms with van der Waals surface area (Å²) in [6.45, 7) is 15.2. The maximum atomic E-state index is 12.4. The highest BCUT2D eigenvalue weighted by Gasteiger charge is 2.42. The van der Waals surface area contributed by atoms with Crippen molar-refractivity contribution in [3.63, 3.8) is 0 Å². The van der Waals surface area contributed by atoms with Crippen molar-refractivity contribution in [2.75, 3.05) is 0 Å². The Morgan fingerprint density at radius 1 is 0.583 bits per heavy atom. The minimum atomic E-state index is -0.541. The third-order valence-electron chi connectivity index (χ3n) is 7.72. The molecule has 0 saturated carbocycles. The fraction of sp³-hybridized carbons (Fsp3) is 0.929.